The van der Waals surface area contributed by atoms with Gasteiger partial charge in [0.15, 0.2) is 0 Å². The van der Waals surface area contributed by atoms with Crippen LogP contribution in [-0.4, -0.2) is 77.2 Å². The summed E-state index contributed by atoms with van der Waals surface area (Å²) in [6.07, 6.45) is 3.74. The number of aliphatic hydroxyl groups excluding tert-OH is 1. The van der Waals surface area contributed by atoms with Crippen LogP contribution >= 0.6 is 0 Å². The summed E-state index contributed by atoms with van der Waals surface area (Å²) in [5.74, 6) is 0.0899. The second kappa shape index (κ2) is 11.8. The molecule has 2 atom stereocenters. The van der Waals surface area contributed by atoms with Crippen molar-refractivity contribution in [2.75, 3.05) is 32.7 Å². The lowest BCUT2D eigenvalue weighted by Crippen LogP contribution is -2.47. The van der Waals surface area contributed by atoms with Gasteiger partial charge in [-0.1, -0.05) is 44.2 Å². The highest BCUT2D eigenvalue weighted by Crippen LogP contribution is 2.23. The Labute approximate surface area is 214 Å². The van der Waals surface area contributed by atoms with Crippen LogP contribution in [0, 0.1) is 5.92 Å². The van der Waals surface area contributed by atoms with Gasteiger partial charge in [-0.05, 0) is 62.0 Å². The van der Waals surface area contributed by atoms with Crippen LogP contribution in [-0.2, 0) is 23.0 Å². The average Bonchev–Trinajstić information content (AvgIpc) is 3.52. The summed E-state index contributed by atoms with van der Waals surface area (Å²) in [6, 6.07) is 14.2. The number of sulfonamides is 1. The Morgan fingerprint density at radius 3 is 2.47 bits per heavy atom. The van der Waals surface area contributed by atoms with Gasteiger partial charge in [0.05, 0.1) is 28.4 Å². The molecule has 0 bridgehead atoms. The predicted molar refractivity (Wildman–Crippen MR) is 143 cm³/mol. The molecule has 0 spiro atoms. The first kappa shape index (κ1) is 26.8. The van der Waals surface area contributed by atoms with Crippen molar-refractivity contribution in [2.24, 2.45) is 11.7 Å². The topological polar surface area (TPSA) is 105 Å². The zero-order valence-corrected chi connectivity index (χ0v) is 22.1. The van der Waals surface area contributed by atoms with Gasteiger partial charge in [-0.3, -0.25) is 0 Å². The first-order valence-electron chi connectivity index (χ1n) is 12.9. The van der Waals surface area contributed by atoms with Crippen molar-refractivity contribution in [1.29, 1.82) is 0 Å². The largest absolute Gasteiger partial charge is 0.390 e. The average molecular weight is 514 g/mol. The van der Waals surface area contributed by atoms with Crippen molar-refractivity contribution in [3.63, 3.8) is 0 Å². The third-order valence-corrected chi connectivity index (χ3v) is 8.68. The van der Waals surface area contributed by atoms with E-state index in [1.54, 1.807) is 24.5 Å². The molecule has 0 radical (unpaired) electrons. The summed E-state index contributed by atoms with van der Waals surface area (Å²) in [5.41, 5.74) is 8.88. The molecule has 9 heteroatoms. The summed E-state index contributed by atoms with van der Waals surface area (Å²) < 4.78 is 30.9. The van der Waals surface area contributed by atoms with Crippen LogP contribution in [0.3, 0.4) is 0 Å². The Balaban J connectivity index is 1.53. The van der Waals surface area contributed by atoms with Crippen molar-refractivity contribution in [3.05, 3.63) is 60.4 Å². The Bertz CT molecular complexity index is 1220. The van der Waals surface area contributed by atoms with Gasteiger partial charge >= 0.3 is 0 Å². The number of hydrogen-bond acceptors (Lipinski definition) is 6. The lowest BCUT2D eigenvalue weighted by Gasteiger charge is -2.28. The summed E-state index contributed by atoms with van der Waals surface area (Å²) in [4.78, 5) is 7.11. The first-order valence-corrected chi connectivity index (χ1v) is 14.3. The van der Waals surface area contributed by atoms with E-state index in [2.05, 4.69) is 9.88 Å². The van der Waals surface area contributed by atoms with E-state index in [-0.39, 0.29) is 17.4 Å². The maximum atomic E-state index is 13.8. The Morgan fingerprint density at radius 1 is 1.06 bits per heavy atom. The van der Waals surface area contributed by atoms with E-state index in [0.717, 1.165) is 42.8 Å². The van der Waals surface area contributed by atoms with Crippen LogP contribution in [0.2, 0.25) is 0 Å². The molecule has 3 aromatic rings. The third-order valence-electron chi connectivity index (χ3n) is 6.85. The Hall–Kier alpha value is -2.30. The minimum Gasteiger partial charge on any atom is -0.390 e. The van der Waals surface area contributed by atoms with Gasteiger partial charge in [-0.25, -0.2) is 13.4 Å². The highest BCUT2D eigenvalue weighted by Gasteiger charge is 2.30. The molecular formula is C27H39N5O3S. The van der Waals surface area contributed by atoms with E-state index < -0.39 is 22.2 Å². The zero-order chi connectivity index (χ0) is 25.7. The zero-order valence-electron chi connectivity index (χ0n) is 21.3. The number of aliphatic hydroxyl groups is 1. The number of nitrogens with zero attached hydrogens (tertiary/aromatic N) is 4. The maximum Gasteiger partial charge on any atom is 0.243 e. The fraction of sp³-hybridized carbons (Fsp3) is 0.519. The molecular weight excluding hydrogens is 474 g/mol. The number of rotatable bonds is 12. The highest BCUT2D eigenvalue weighted by molar-refractivity contribution is 7.89. The van der Waals surface area contributed by atoms with Gasteiger partial charge in [0, 0.05) is 32.2 Å². The monoisotopic (exact) mass is 513 g/mol. The van der Waals surface area contributed by atoms with Crippen molar-refractivity contribution < 1.29 is 13.5 Å². The molecule has 2 heterocycles. The number of benzene rings is 2. The van der Waals surface area contributed by atoms with Crippen LogP contribution in [0.5, 0.6) is 0 Å². The Kier molecular flexibility index (Phi) is 8.79. The Morgan fingerprint density at radius 2 is 1.78 bits per heavy atom. The molecule has 1 aliphatic rings. The maximum absolute atomic E-state index is 13.8. The van der Waals surface area contributed by atoms with E-state index in [4.69, 9.17) is 5.73 Å². The van der Waals surface area contributed by atoms with Crippen molar-refractivity contribution in [2.45, 2.75) is 56.7 Å². The van der Waals surface area contributed by atoms with Gasteiger partial charge in [0.1, 0.15) is 0 Å². The first-order chi connectivity index (χ1) is 17.2. The minimum atomic E-state index is -3.85. The molecule has 3 N–H and O–H groups in total. The molecule has 1 aromatic heterocycles. The molecule has 2 unspecified atom stereocenters. The van der Waals surface area contributed by atoms with Crippen LogP contribution in [0.1, 0.15) is 32.3 Å². The molecule has 0 amide bonds. The van der Waals surface area contributed by atoms with Crippen LogP contribution in [0.4, 0.5) is 0 Å². The minimum absolute atomic E-state index is 0.0548. The van der Waals surface area contributed by atoms with Crippen molar-refractivity contribution in [1.82, 2.24) is 18.8 Å². The van der Waals surface area contributed by atoms with Gasteiger partial charge < -0.3 is 20.3 Å². The number of nitrogens with two attached hydrogens (primary N) is 1. The molecule has 0 saturated carbocycles. The van der Waals surface area contributed by atoms with E-state index in [1.165, 1.54) is 17.1 Å². The molecule has 1 saturated heterocycles. The number of likely N-dealkylation sites (tertiary alicyclic amines) is 1. The number of imidazole rings is 1. The molecule has 1 fully saturated rings. The highest BCUT2D eigenvalue weighted by atomic mass is 32.2. The van der Waals surface area contributed by atoms with Crippen LogP contribution in [0.25, 0.3) is 11.0 Å². The van der Waals surface area contributed by atoms with E-state index in [0.29, 0.717) is 13.0 Å². The summed E-state index contributed by atoms with van der Waals surface area (Å²) >= 11 is 0. The van der Waals surface area contributed by atoms with E-state index >= 15 is 0 Å². The fourth-order valence-corrected chi connectivity index (χ4v) is 6.47. The van der Waals surface area contributed by atoms with E-state index in [9.17, 15) is 13.5 Å². The lowest BCUT2D eigenvalue weighted by atomic mass is 10.0. The standard InChI is InChI=1S/C27H39N5O3S/c1-21(2)18-32(19-27(33)24(28)16-22-8-4-3-5-9-22)36(34,35)23-10-11-25-26(17-23)31(20-29-25)15-14-30-12-6-7-13-30/h3-5,8-11,17,20-21,24,27,33H,6-7,12-16,18-19,28H2,1-2H3. The molecule has 2 aromatic carbocycles. The molecule has 0 aliphatic carbocycles. The van der Waals surface area contributed by atoms with Gasteiger partial charge in [-0.2, -0.15) is 4.31 Å². The van der Waals surface area contributed by atoms with Gasteiger partial charge in [0.25, 0.3) is 0 Å². The van der Waals surface area contributed by atoms with Crippen molar-refractivity contribution in [3.8, 4) is 0 Å². The second-order valence-corrected chi connectivity index (χ2v) is 12.2. The van der Waals surface area contributed by atoms with Crippen LogP contribution < -0.4 is 5.73 Å². The predicted octanol–water partition coefficient (Wildman–Crippen LogP) is 2.71. The molecule has 4 rings (SSSR count). The lowest BCUT2D eigenvalue weighted by molar-refractivity contribution is 0.116. The quantitative estimate of drug-likeness (QED) is 0.386. The summed E-state index contributed by atoms with van der Waals surface area (Å²) in [7, 11) is -3.85. The second-order valence-electron chi connectivity index (χ2n) is 10.3. The smallest absolute Gasteiger partial charge is 0.243 e. The van der Waals surface area contributed by atoms with E-state index in [1.807, 2.05) is 48.7 Å². The summed E-state index contributed by atoms with van der Waals surface area (Å²) in [5, 5.41) is 10.9. The number of hydrogen-bond donors (Lipinski definition) is 2. The fourth-order valence-electron chi connectivity index (χ4n) is 4.82. The molecule has 196 valence electrons. The van der Waals surface area contributed by atoms with Crippen LogP contribution in [0.15, 0.2) is 59.8 Å². The third kappa shape index (κ3) is 6.52. The normalized spacial score (nSPS) is 16.8. The summed E-state index contributed by atoms with van der Waals surface area (Å²) in [6.45, 7) is 8.10. The van der Waals surface area contributed by atoms with Gasteiger partial charge in [0.2, 0.25) is 10.0 Å². The SMILES string of the molecule is CC(C)CN(CC(O)C(N)Cc1ccccc1)S(=O)(=O)c1ccc2ncn(CCN3CCCC3)c2c1. The number of aromatic nitrogens is 2. The van der Waals surface area contributed by atoms with Crippen molar-refractivity contribution >= 4 is 21.1 Å². The molecule has 1 aliphatic heterocycles. The molecule has 8 nitrogen and oxygen atoms in total. The number of fused-ring (bicyclic) bond motifs is 1. The van der Waals surface area contributed by atoms with Gasteiger partial charge in [-0.15, -0.1) is 0 Å². The molecule has 36 heavy (non-hydrogen) atoms.